The molecule has 0 amide bonds. The molecule has 1 saturated heterocycles. The number of hydrogen-bond donors (Lipinski definition) is 1. The average Bonchev–Trinajstić information content (AvgIpc) is 2.52. The van der Waals surface area contributed by atoms with Gasteiger partial charge in [0.15, 0.2) is 0 Å². The minimum absolute atomic E-state index is 0.756. The topological polar surface area (TPSA) is 15.3 Å². The molecule has 0 spiro atoms. The molecule has 0 aromatic carbocycles. The van der Waals surface area contributed by atoms with Gasteiger partial charge in [0.2, 0.25) is 0 Å². The van der Waals surface area contributed by atoms with Gasteiger partial charge in [0.25, 0.3) is 0 Å². The third-order valence-corrected chi connectivity index (χ3v) is 5.78. The summed E-state index contributed by atoms with van der Waals surface area (Å²) in [6.07, 6.45) is 12.9. The third kappa shape index (κ3) is 5.25. The lowest BCUT2D eigenvalue weighted by Crippen LogP contribution is -2.60. The van der Waals surface area contributed by atoms with Crippen molar-refractivity contribution < 1.29 is 0 Å². The second-order valence-electron chi connectivity index (χ2n) is 7.78. The summed E-state index contributed by atoms with van der Waals surface area (Å²) in [6, 6.07) is 1.53. The number of rotatable bonds is 7. The summed E-state index contributed by atoms with van der Waals surface area (Å²) in [5.74, 6) is 1.72. The molecule has 1 saturated carbocycles. The molecule has 124 valence electrons. The Morgan fingerprint density at radius 3 is 2.48 bits per heavy atom. The Bertz CT molecular complexity index is 271. The van der Waals surface area contributed by atoms with Gasteiger partial charge >= 0.3 is 0 Å². The van der Waals surface area contributed by atoms with Crippen LogP contribution >= 0.6 is 0 Å². The van der Waals surface area contributed by atoms with Gasteiger partial charge in [-0.3, -0.25) is 4.90 Å². The summed E-state index contributed by atoms with van der Waals surface area (Å²) in [5.41, 5.74) is 0. The van der Waals surface area contributed by atoms with Crippen LogP contribution in [0.5, 0.6) is 0 Å². The normalized spacial score (nSPS) is 29.1. The van der Waals surface area contributed by atoms with Crippen molar-refractivity contribution in [1.82, 2.24) is 10.2 Å². The van der Waals surface area contributed by atoms with E-state index in [9.17, 15) is 0 Å². The van der Waals surface area contributed by atoms with E-state index < -0.39 is 0 Å². The molecule has 0 aromatic heterocycles. The fourth-order valence-corrected chi connectivity index (χ4v) is 4.36. The summed E-state index contributed by atoms with van der Waals surface area (Å²) in [5, 5.41) is 3.91. The summed E-state index contributed by atoms with van der Waals surface area (Å²) in [7, 11) is 0. The first-order valence-corrected chi connectivity index (χ1v) is 9.69. The van der Waals surface area contributed by atoms with E-state index in [1.165, 1.54) is 77.4 Å². The quantitative estimate of drug-likeness (QED) is 0.698. The van der Waals surface area contributed by atoms with Gasteiger partial charge in [0, 0.05) is 25.2 Å². The molecular weight excluding hydrogens is 256 g/mol. The Labute approximate surface area is 133 Å². The van der Waals surface area contributed by atoms with Crippen LogP contribution in [0.3, 0.4) is 0 Å². The standard InChI is InChI=1S/C19H38N2/c1-4-5-6-10-13-21-15-18(17-11-8-7-9-12-17)20-14-19(21)16(2)3/h16-20H,4-15H2,1-3H3. The van der Waals surface area contributed by atoms with Gasteiger partial charge in [-0.2, -0.15) is 0 Å². The highest BCUT2D eigenvalue weighted by Crippen LogP contribution is 2.29. The number of unbranched alkanes of at least 4 members (excludes halogenated alkanes) is 3. The van der Waals surface area contributed by atoms with Crippen molar-refractivity contribution in [3.8, 4) is 0 Å². The van der Waals surface area contributed by atoms with Crippen molar-refractivity contribution in [2.45, 2.75) is 90.6 Å². The molecule has 21 heavy (non-hydrogen) atoms. The van der Waals surface area contributed by atoms with Crippen molar-refractivity contribution >= 4 is 0 Å². The first-order valence-electron chi connectivity index (χ1n) is 9.69. The number of hydrogen-bond acceptors (Lipinski definition) is 2. The van der Waals surface area contributed by atoms with Crippen LogP contribution in [-0.2, 0) is 0 Å². The van der Waals surface area contributed by atoms with E-state index in [1.807, 2.05) is 0 Å². The molecular formula is C19H38N2. The molecule has 1 aliphatic heterocycles. The van der Waals surface area contributed by atoms with Crippen molar-refractivity contribution in [3.05, 3.63) is 0 Å². The van der Waals surface area contributed by atoms with Gasteiger partial charge < -0.3 is 5.32 Å². The number of nitrogens with one attached hydrogen (secondary N) is 1. The predicted octanol–water partition coefficient (Wildman–Crippen LogP) is 4.45. The zero-order valence-electron chi connectivity index (χ0n) is 14.7. The summed E-state index contributed by atoms with van der Waals surface area (Å²) >= 11 is 0. The van der Waals surface area contributed by atoms with E-state index >= 15 is 0 Å². The minimum Gasteiger partial charge on any atom is -0.311 e. The Morgan fingerprint density at radius 1 is 1.05 bits per heavy atom. The van der Waals surface area contributed by atoms with Crippen LogP contribution in [0.4, 0.5) is 0 Å². The first kappa shape index (κ1) is 17.3. The zero-order chi connectivity index (χ0) is 15.1. The third-order valence-electron chi connectivity index (χ3n) is 5.78. The molecule has 2 atom stereocenters. The van der Waals surface area contributed by atoms with Crippen molar-refractivity contribution in [1.29, 1.82) is 0 Å². The highest BCUT2D eigenvalue weighted by Gasteiger charge is 2.33. The fraction of sp³-hybridized carbons (Fsp3) is 1.00. The Morgan fingerprint density at radius 2 is 1.81 bits per heavy atom. The molecule has 2 heteroatoms. The Kier molecular flexibility index (Phi) is 7.53. The lowest BCUT2D eigenvalue weighted by Gasteiger charge is -2.45. The molecule has 2 fully saturated rings. The predicted molar refractivity (Wildman–Crippen MR) is 92.7 cm³/mol. The molecule has 1 aliphatic carbocycles. The lowest BCUT2D eigenvalue weighted by atomic mass is 9.82. The maximum absolute atomic E-state index is 3.91. The highest BCUT2D eigenvalue weighted by atomic mass is 15.2. The number of nitrogens with zero attached hydrogens (tertiary/aromatic N) is 1. The van der Waals surface area contributed by atoms with E-state index in [0.29, 0.717) is 0 Å². The van der Waals surface area contributed by atoms with E-state index in [-0.39, 0.29) is 0 Å². The summed E-state index contributed by atoms with van der Waals surface area (Å²) in [4.78, 5) is 2.83. The average molecular weight is 295 g/mol. The van der Waals surface area contributed by atoms with E-state index in [2.05, 4.69) is 31.0 Å². The smallest absolute Gasteiger partial charge is 0.0244 e. The van der Waals surface area contributed by atoms with Crippen molar-refractivity contribution in [2.24, 2.45) is 11.8 Å². The van der Waals surface area contributed by atoms with Crippen LogP contribution < -0.4 is 5.32 Å². The second-order valence-corrected chi connectivity index (χ2v) is 7.78. The highest BCUT2D eigenvalue weighted by molar-refractivity contribution is 4.91. The first-order chi connectivity index (χ1) is 10.2. The molecule has 1 heterocycles. The molecule has 0 aromatic rings. The molecule has 1 N–H and O–H groups in total. The Hall–Kier alpha value is -0.0800. The van der Waals surface area contributed by atoms with Crippen molar-refractivity contribution in [2.75, 3.05) is 19.6 Å². The largest absolute Gasteiger partial charge is 0.311 e. The van der Waals surface area contributed by atoms with Crippen LogP contribution in [0.15, 0.2) is 0 Å². The zero-order valence-corrected chi connectivity index (χ0v) is 14.7. The summed E-state index contributed by atoms with van der Waals surface area (Å²) in [6.45, 7) is 10.9. The maximum atomic E-state index is 3.91. The lowest BCUT2D eigenvalue weighted by molar-refractivity contribution is 0.0706. The van der Waals surface area contributed by atoms with Gasteiger partial charge in [-0.1, -0.05) is 59.3 Å². The van der Waals surface area contributed by atoms with Crippen LogP contribution in [0.25, 0.3) is 0 Å². The van der Waals surface area contributed by atoms with Gasteiger partial charge in [-0.05, 0) is 37.6 Å². The van der Waals surface area contributed by atoms with Crippen LogP contribution in [0, 0.1) is 11.8 Å². The van der Waals surface area contributed by atoms with E-state index in [1.54, 1.807) is 0 Å². The van der Waals surface area contributed by atoms with Crippen LogP contribution in [0.2, 0.25) is 0 Å². The van der Waals surface area contributed by atoms with Gasteiger partial charge in [-0.25, -0.2) is 0 Å². The monoisotopic (exact) mass is 294 g/mol. The fourth-order valence-electron chi connectivity index (χ4n) is 4.36. The second kappa shape index (κ2) is 9.15. The molecule has 2 unspecified atom stereocenters. The molecule has 0 radical (unpaired) electrons. The molecule has 0 bridgehead atoms. The van der Waals surface area contributed by atoms with Crippen LogP contribution in [0.1, 0.15) is 78.6 Å². The van der Waals surface area contributed by atoms with Gasteiger partial charge in [0.1, 0.15) is 0 Å². The van der Waals surface area contributed by atoms with Gasteiger partial charge in [-0.15, -0.1) is 0 Å². The molecule has 2 nitrogen and oxygen atoms in total. The maximum Gasteiger partial charge on any atom is 0.0244 e. The van der Waals surface area contributed by atoms with E-state index in [0.717, 1.165) is 23.9 Å². The minimum atomic E-state index is 0.756. The van der Waals surface area contributed by atoms with Crippen LogP contribution in [-0.4, -0.2) is 36.6 Å². The van der Waals surface area contributed by atoms with Gasteiger partial charge in [0.05, 0.1) is 0 Å². The van der Waals surface area contributed by atoms with E-state index in [4.69, 9.17) is 0 Å². The SMILES string of the molecule is CCCCCCN1CC(C2CCCCC2)NCC1C(C)C. The Balaban J connectivity index is 1.84. The molecule has 2 aliphatic rings. The molecule has 2 rings (SSSR count). The number of piperazine rings is 1. The summed E-state index contributed by atoms with van der Waals surface area (Å²) < 4.78 is 0. The van der Waals surface area contributed by atoms with Crippen molar-refractivity contribution in [3.63, 3.8) is 0 Å².